The minimum Gasteiger partial charge on any atom is -0.360 e. The van der Waals surface area contributed by atoms with E-state index in [9.17, 15) is 5.26 Å². The van der Waals surface area contributed by atoms with Gasteiger partial charge in [0, 0.05) is 22.4 Å². The summed E-state index contributed by atoms with van der Waals surface area (Å²) in [6.07, 6.45) is 5.64. The zero-order valence-electron chi connectivity index (χ0n) is 17.8. The van der Waals surface area contributed by atoms with Gasteiger partial charge in [0.2, 0.25) is 0 Å². The molecule has 0 fully saturated rings. The summed E-state index contributed by atoms with van der Waals surface area (Å²) < 4.78 is 2.62. The van der Waals surface area contributed by atoms with Crippen molar-refractivity contribution in [3.05, 3.63) is 94.3 Å². The molecule has 0 aromatic carbocycles. The fourth-order valence-electron chi connectivity index (χ4n) is 3.05. The number of pyridine rings is 2. The van der Waals surface area contributed by atoms with Crippen molar-refractivity contribution in [1.82, 2.24) is 29.5 Å². The third-order valence-corrected chi connectivity index (χ3v) is 4.86. The van der Waals surface area contributed by atoms with Crippen LogP contribution in [0.5, 0.6) is 0 Å². The number of rotatable bonds is 4. The zero-order valence-corrected chi connectivity index (χ0v) is 19.3. The van der Waals surface area contributed by atoms with Crippen LogP contribution in [0, 0.1) is 48.2 Å². The molecule has 4 heterocycles. The van der Waals surface area contributed by atoms with Gasteiger partial charge < -0.3 is 9.53 Å². The molecular formula is C23H12N10Pd. The van der Waals surface area contributed by atoms with Crippen LogP contribution in [-0.2, 0) is 25.8 Å². The second kappa shape index (κ2) is 9.45. The minimum atomic E-state index is -0.835. The van der Waals surface area contributed by atoms with Gasteiger partial charge in [-0.2, -0.15) is 5.26 Å². The maximum atomic E-state index is 9.56. The van der Waals surface area contributed by atoms with Crippen LogP contribution in [0.25, 0.3) is 21.3 Å². The molecule has 0 bridgehead atoms. The summed E-state index contributed by atoms with van der Waals surface area (Å²) in [5.74, 6) is 0.811. The molecule has 4 rings (SSSR count). The molecule has 0 N–H and O–H groups in total. The van der Waals surface area contributed by atoms with Gasteiger partial charge in [-0.05, 0) is 37.3 Å². The standard InChI is InChI=1S/C23H12N10.Pd/c1-23(2,18-9-15(13-24)10-21(28-18)32-7-5-16(14-25)30-32)19-11-17(26-3)12-22(29-19)33-8-6-20(27-4)31-33;/h5-6,9-12H,1-2H3;/q-2;+2. The summed E-state index contributed by atoms with van der Waals surface area (Å²) in [4.78, 5) is 16.1. The van der Waals surface area contributed by atoms with Crippen molar-refractivity contribution in [2.75, 3.05) is 0 Å². The second-order valence-corrected chi connectivity index (χ2v) is 7.35. The Bertz CT molecular complexity index is 1430. The van der Waals surface area contributed by atoms with E-state index in [1.54, 1.807) is 24.3 Å². The fraction of sp³-hybridized carbons (Fsp3) is 0.130. The van der Waals surface area contributed by atoms with E-state index in [4.69, 9.17) is 18.4 Å². The predicted octanol–water partition coefficient (Wildman–Crippen LogP) is 3.62. The monoisotopic (exact) mass is 534 g/mol. The molecule has 0 amide bonds. The largest absolute Gasteiger partial charge is 2.00 e. The number of aromatic nitrogens is 6. The van der Waals surface area contributed by atoms with Gasteiger partial charge in [0.25, 0.3) is 5.82 Å². The molecular weight excluding hydrogens is 523 g/mol. The molecule has 4 aromatic heterocycles. The summed E-state index contributed by atoms with van der Waals surface area (Å²) in [5.41, 5.74) is 1.02. The van der Waals surface area contributed by atoms with Gasteiger partial charge in [-0.25, -0.2) is 15.2 Å². The van der Waals surface area contributed by atoms with Crippen molar-refractivity contribution in [1.29, 1.82) is 10.5 Å². The van der Waals surface area contributed by atoms with Crippen LogP contribution >= 0.6 is 0 Å². The molecule has 0 aliphatic rings. The summed E-state index contributed by atoms with van der Waals surface area (Å²) in [5, 5.41) is 26.8. The molecule has 0 atom stereocenters. The number of hydrogen-bond donors (Lipinski definition) is 0. The van der Waals surface area contributed by atoms with Crippen molar-refractivity contribution in [3.63, 3.8) is 0 Å². The van der Waals surface area contributed by atoms with Crippen molar-refractivity contribution in [3.8, 4) is 23.8 Å². The van der Waals surface area contributed by atoms with E-state index in [-0.39, 0.29) is 31.9 Å². The van der Waals surface area contributed by atoms with Crippen LogP contribution in [0.1, 0.15) is 36.5 Å². The summed E-state index contributed by atoms with van der Waals surface area (Å²) >= 11 is 0. The van der Waals surface area contributed by atoms with E-state index in [1.807, 2.05) is 19.9 Å². The minimum absolute atomic E-state index is 0. The molecule has 34 heavy (non-hydrogen) atoms. The second-order valence-electron chi connectivity index (χ2n) is 7.35. The van der Waals surface area contributed by atoms with Crippen LogP contribution in [0.2, 0.25) is 0 Å². The van der Waals surface area contributed by atoms with E-state index < -0.39 is 5.41 Å². The maximum Gasteiger partial charge on any atom is 2.00 e. The van der Waals surface area contributed by atoms with E-state index in [0.29, 0.717) is 34.3 Å². The van der Waals surface area contributed by atoms with Gasteiger partial charge in [0.1, 0.15) is 0 Å². The van der Waals surface area contributed by atoms with Gasteiger partial charge in [0.05, 0.1) is 36.0 Å². The molecule has 10 nitrogen and oxygen atoms in total. The zero-order chi connectivity index (χ0) is 23.6. The Morgan fingerprint density at radius 2 is 1.53 bits per heavy atom. The van der Waals surface area contributed by atoms with E-state index in [1.165, 1.54) is 21.5 Å². The van der Waals surface area contributed by atoms with Crippen LogP contribution in [-0.4, -0.2) is 29.5 Å². The molecule has 4 aromatic rings. The first-order valence-electron chi connectivity index (χ1n) is 9.44. The fourth-order valence-corrected chi connectivity index (χ4v) is 3.05. The third kappa shape index (κ3) is 4.44. The first-order valence-corrected chi connectivity index (χ1v) is 9.44. The van der Waals surface area contributed by atoms with Gasteiger partial charge in [-0.1, -0.05) is 31.0 Å². The van der Waals surface area contributed by atoms with Crippen LogP contribution in [0.4, 0.5) is 11.5 Å². The number of hydrogen-bond acceptors (Lipinski definition) is 6. The average molecular weight is 535 g/mol. The SMILES string of the molecule is [C-]#[N+]c1cc(-n2[c-]cc([N+]#[C-])n2)nc(C(C)(C)c2cc(C#N)cc(-n3[c-]cc(C#N)n3)n2)c1.[Pd+2]. The van der Waals surface area contributed by atoms with Crippen LogP contribution < -0.4 is 0 Å². The van der Waals surface area contributed by atoms with Gasteiger partial charge >= 0.3 is 20.4 Å². The van der Waals surface area contributed by atoms with Crippen molar-refractivity contribution < 1.29 is 20.4 Å². The Morgan fingerprint density at radius 1 is 0.882 bits per heavy atom. The molecule has 0 saturated heterocycles. The van der Waals surface area contributed by atoms with E-state index in [0.717, 1.165) is 0 Å². The molecule has 0 radical (unpaired) electrons. The Labute approximate surface area is 209 Å². The van der Waals surface area contributed by atoms with Gasteiger partial charge in [-0.15, -0.1) is 6.07 Å². The van der Waals surface area contributed by atoms with E-state index >= 15 is 0 Å². The van der Waals surface area contributed by atoms with Crippen LogP contribution in [0.3, 0.4) is 0 Å². The van der Waals surface area contributed by atoms with Crippen molar-refractivity contribution in [2.45, 2.75) is 19.3 Å². The third-order valence-electron chi connectivity index (χ3n) is 4.86. The summed E-state index contributed by atoms with van der Waals surface area (Å²) in [6.45, 7) is 18.3. The quantitative estimate of drug-likeness (QED) is 0.291. The Hall–Kier alpha value is -4.66. The topological polar surface area (TPSA) is 118 Å². The van der Waals surface area contributed by atoms with Crippen LogP contribution in [0.15, 0.2) is 36.4 Å². The molecule has 11 heteroatoms. The smallest absolute Gasteiger partial charge is 0.360 e. The normalized spacial score (nSPS) is 10.3. The number of nitriles is 2. The predicted molar refractivity (Wildman–Crippen MR) is 114 cm³/mol. The molecule has 0 unspecified atom stereocenters. The summed E-state index contributed by atoms with van der Waals surface area (Å²) in [6, 6.07) is 13.3. The first-order chi connectivity index (χ1) is 15.9. The Morgan fingerprint density at radius 3 is 2.12 bits per heavy atom. The molecule has 0 aliphatic heterocycles. The van der Waals surface area contributed by atoms with E-state index in [2.05, 4.69) is 48.3 Å². The first kappa shape index (κ1) is 24.0. The average Bonchev–Trinajstić information content (AvgIpc) is 3.53. The van der Waals surface area contributed by atoms with Crippen molar-refractivity contribution >= 4 is 11.5 Å². The summed E-state index contributed by atoms with van der Waals surface area (Å²) in [7, 11) is 0. The van der Waals surface area contributed by atoms with Gasteiger partial charge in [-0.3, -0.25) is 14.6 Å². The van der Waals surface area contributed by atoms with Crippen molar-refractivity contribution in [2.24, 2.45) is 0 Å². The maximum absolute atomic E-state index is 9.56. The van der Waals surface area contributed by atoms with Gasteiger partial charge in [0.15, 0.2) is 5.69 Å². The number of nitrogens with zero attached hydrogens (tertiary/aromatic N) is 10. The Balaban J connectivity index is 0.00000324. The molecule has 0 saturated carbocycles. The molecule has 0 aliphatic carbocycles. The Kier molecular flexibility index (Phi) is 6.67. The molecule has 0 spiro atoms. The molecule has 164 valence electrons.